The highest BCUT2D eigenvalue weighted by molar-refractivity contribution is 7.71. The van der Waals surface area contributed by atoms with Gasteiger partial charge in [0.1, 0.15) is 5.01 Å². The summed E-state index contributed by atoms with van der Waals surface area (Å²) in [5.41, 5.74) is 4.63. The number of H-pyrrole nitrogens is 1. The minimum atomic E-state index is -0.268. The van der Waals surface area contributed by atoms with Crippen LogP contribution in [0.25, 0.3) is 31.7 Å². The predicted molar refractivity (Wildman–Crippen MR) is 132 cm³/mol. The molecule has 5 aromatic rings. The second-order valence-electron chi connectivity index (χ2n) is 7.58. The molecule has 0 unspecified atom stereocenters. The molecule has 0 fully saturated rings. The van der Waals surface area contributed by atoms with Gasteiger partial charge in [-0.15, -0.1) is 11.3 Å². The van der Waals surface area contributed by atoms with Crippen molar-refractivity contribution in [2.24, 2.45) is 7.05 Å². The third-order valence-corrected chi connectivity index (χ3v) is 6.74. The lowest BCUT2D eigenvalue weighted by Gasteiger charge is -2.08. The lowest BCUT2D eigenvalue weighted by molar-refractivity contribution is 0.102. The van der Waals surface area contributed by atoms with E-state index in [9.17, 15) is 9.59 Å². The number of amides is 1. The summed E-state index contributed by atoms with van der Waals surface area (Å²) in [5.74, 6) is -0.268. The highest BCUT2D eigenvalue weighted by Gasteiger charge is 2.11. The molecule has 0 aliphatic rings. The molecule has 5 rings (SSSR count). The molecule has 1 amide bonds. The Labute approximate surface area is 192 Å². The van der Waals surface area contributed by atoms with Crippen LogP contribution in [0.15, 0.2) is 65.5 Å². The Kier molecular flexibility index (Phi) is 4.96. The molecule has 2 aromatic heterocycles. The molecular formula is C24H18N4O2S2. The molecule has 6 nitrogen and oxygen atoms in total. The number of carbonyl (C=O) groups excluding carboxylic acids is 1. The number of hydrogen-bond donors (Lipinski definition) is 2. The van der Waals surface area contributed by atoms with E-state index in [1.807, 2.05) is 30.3 Å². The fraction of sp³-hybridized carbons (Fsp3) is 0.0833. The van der Waals surface area contributed by atoms with E-state index in [0.29, 0.717) is 26.9 Å². The lowest BCUT2D eigenvalue weighted by Crippen LogP contribution is -2.19. The quantitative estimate of drug-likeness (QED) is 0.353. The van der Waals surface area contributed by atoms with Crippen LogP contribution in [0.3, 0.4) is 0 Å². The topological polar surface area (TPSA) is 79.8 Å². The molecule has 0 radical (unpaired) electrons. The largest absolute Gasteiger partial charge is 0.332 e. The Bertz CT molecular complexity index is 1630. The van der Waals surface area contributed by atoms with E-state index in [1.165, 1.54) is 10.1 Å². The molecule has 2 N–H and O–H groups in total. The number of anilines is 1. The maximum absolute atomic E-state index is 12.8. The van der Waals surface area contributed by atoms with Gasteiger partial charge in [-0.1, -0.05) is 6.07 Å². The van der Waals surface area contributed by atoms with Crippen LogP contribution in [0, 0.1) is 11.7 Å². The smallest absolute Gasteiger partial charge is 0.261 e. The van der Waals surface area contributed by atoms with E-state index in [2.05, 4.69) is 29.4 Å². The Morgan fingerprint density at radius 2 is 1.88 bits per heavy atom. The van der Waals surface area contributed by atoms with Gasteiger partial charge in [-0.25, -0.2) is 4.98 Å². The maximum atomic E-state index is 12.8. The van der Waals surface area contributed by atoms with Crippen molar-refractivity contribution < 1.29 is 4.79 Å². The first kappa shape index (κ1) is 20.3. The number of rotatable bonds is 3. The number of hydrogen-bond acceptors (Lipinski definition) is 5. The summed E-state index contributed by atoms with van der Waals surface area (Å²) >= 11 is 6.81. The van der Waals surface area contributed by atoms with Crippen molar-refractivity contribution in [1.29, 1.82) is 0 Å². The molecule has 0 saturated heterocycles. The molecule has 8 heteroatoms. The van der Waals surface area contributed by atoms with Crippen LogP contribution in [-0.4, -0.2) is 20.4 Å². The SMILES string of the molecule is Cc1ccc2nc(-c3ccc(NC(=O)c4ccc5c(=O)n(C)c(=S)[nH]c5c4)cc3)sc2c1. The molecule has 0 spiro atoms. The zero-order valence-corrected chi connectivity index (χ0v) is 18.9. The lowest BCUT2D eigenvalue weighted by atomic mass is 10.1. The van der Waals surface area contributed by atoms with E-state index in [4.69, 9.17) is 17.2 Å². The van der Waals surface area contributed by atoms with Gasteiger partial charge in [0, 0.05) is 23.9 Å². The Morgan fingerprint density at radius 1 is 1.09 bits per heavy atom. The van der Waals surface area contributed by atoms with Crippen LogP contribution in [0.1, 0.15) is 15.9 Å². The van der Waals surface area contributed by atoms with E-state index < -0.39 is 0 Å². The summed E-state index contributed by atoms with van der Waals surface area (Å²) in [5, 5.41) is 4.32. The Balaban J connectivity index is 1.39. The van der Waals surface area contributed by atoms with Crippen LogP contribution in [0.5, 0.6) is 0 Å². The summed E-state index contributed by atoms with van der Waals surface area (Å²) in [6.07, 6.45) is 0. The highest BCUT2D eigenvalue weighted by atomic mass is 32.1. The fourth-order valence-corrected chi connectivity index (χ4v) is 4.76. The van der Waals surface area contributed by atoms with Crippen LogP contribution < -0.4 is 10.9 Å². The van der Waals surface area contributed by atoms with Crippen molar-refractivity contribution >= 4 is 56.3 Å². The molecule has 0 aliphatic heterocycles. The van der Waals surface area contributed by atoms with E-state index in [-0.39, 0.29) is 11.5 Å². The molecule has 0 saturated carbocycles. The normalized spacial score (nSPS) is 11.2. The van der Waals surface area contributed by atoms with Crippen molar-refractivity contribution in [2.45, 2.75) is 6.92 Å². The zero-order chi connectivity index (χ0) is 22.4. The predicted octanol–water partition coefficient (Wildman–Crippen LogP) is 5.43. The molecule has 158 valence electrons. The number of aromatic nitrogens is 3. The van der Waals surface area contributed by atoms with Gasteiger partial charge in [0.05, 0.1) is 21.1 Å². The van der Waals surface area contributed by atoms with E-state index in [1.54, 1.807) is 36.6 Å². The summed E-state index contributed by atoms with van der Waals surface area (Å²) in [6, 6.07) is 18.7. The third kappa shape index (κ3) is 3.63. The zero-order valence-electron chi connectivity index (χ0n) is 17.3. The van der Waals surface area contributed by atoms with Crippen molar-refractivity contribution in [3.63, 3.8) is 0 Å². The first-order chi connectivity index (χ1) is 15.4. The number of nitrogens with one attached hydrogen (secondary N) is 2. The van der Waals surface area contributed by atoms with Gasteiger partial charge in [-0.05, 0) is 79.3 Å². The van der Waals surface area contributed by atoms with Crippen LogP contribution in [0.4, 0.5) is 5.69 Å². The summed E-state index contributed by atoms with van der Waals surface area (Å²) in [6.45, 7) is 2.07. The minimum Gasteiger partial charge on any atom is -0.332 e. The van der Waals surface area contributed by atoms with E-state index in [0.717, 1.165) is 20.8 Å². The molecule has 0 bridgehead atoms. The molecule has 3 aromatic carbocycles. The summed E-state index contributed by atoms with van der Waals surface area (Å²) in [4.78, 5) is 32.8. The second-order valence-corrected chi connectivity index (χ2v) is 8.99. The molecule has 2 heterocycles. The minimum absolute atomic E-state index is 0.198. The second kappa shape index (κ2) is 7.81. The monoisotopic (exact) mass is 458 g/mol. The van der Waals surface area contributed by atoms with Crippen molar-refractivity contribution in [3.05, 3.63) is 86.9 Å². The van der Waals surface area contributed by atoms with Gasteiger partial charge in [0.15, 0.2) is 4.77 Å². The first-order valence-electron chi connectivity index (χ1n) is 9.91. The number of aromatic amines is 1. The average Bonchev–Trinajstić information content (AvgIpc) is 3.21. The molecule has 0 atom stereocenters. The maximum Gasteiger partial charge on any atom is 0.261 e. The first-order valence-corrected chi connectivity index (χ1v) is 11.1. The van der Waals surface area contributed by atoms with Crippen LogP contribution in [0.2, 0.25) is 0 Å². The fourth-order valence-electron chi connectivity index (χ4n) is 3.50. The van der Waals surface area contributed by atoms with Crippen molar-refractivity contribution in [3.8, 4) is 10.6 Å². The third-order valence-electron chi connectivity index (χ3n) is 5.30. The Morgan fingerprint density at radius 3 is 2.66 bits per heavy atom. The van der Waals surface area contributed by atoms with Gasteiger partial charge in [-0.3, -0.25) is 14.2 Å². The number of aryl methyl sites for hydroxylation is 1. The average molecular weight is 459 g/mol. The number of benzene rings is 3. The summed E-state index contributed by atoms with van der Waals surface area (Å²) in [7, 11) is 1.61. The van der Waals surface area contributed by atoms with Gasteiger partial charge >= 0.3 is 0 Å². The summed E-state index contributed by atoms with van der Waals surface area (Å²) < 4.78 is 2.83. The van der Waals surface area contributed by atoms with Gasteiger partial charge in [0.2, 0.25) is 0 Å². The van der Waals surface area contributed by atoms with Crippen molar-refractivity contribution in [2.75, 3.05) is 5.32 Å². The molecule has 32 heavy (non-hydrogen) atoms. The van der Waals surface area contributed by atoms with Crippen LogP contribution in [-0.2, 0) is 7.05 Å². The van der Waals surface area contributed by atoms with Gasteiger partial charge in [-0.2, -0.15) is 0 Å². The number of carbonyl (C=O) groups is 1. The van der Waals surface area contributed by atoms with Crippen molar-refractivity contribution in [1.82, 2.24) is 14.5 Å². The Hall–Kier alpha value is -3.62. The van der Waals surface area contributed by atoms with Gasteiger partial charge < -0.3 is 10.3 Å². The number of nitrogens with zero attached hydrogens (tertiary/aromatic N) is 2. The van der Waals surface area contributed by atoms with E-state index >= 15 is 0 Å². The standard InChI is InChI=1S/C24H18N4O2S2/c1-13-3-10-18-20(11-13)32-22(26-18)14-4-7-16(8-5-14)25-21(29)15-6-9-17-19(12-15)27-24(31)28(2)23(17)30/h3-12H,1-2H3,(H,25,29)(H,27,31). The number of thiazole rings is 1. The molecular weight excluding hydrogens is 440 g/mol. The number of fused-ring (bicyclic) bond motifs is 2. The highest BCUT2D eigenvalue weighted by Crippen LogP contribution is 2.31. The van der Waals surface area contributed by atoms with Gasteiger partial charge in [0.25, 0.3) is 11.5 Å². The van der Waals surface area contributed by atoms with Crippen LogP contribution >= 0.6 is 23.6 Å². The molecule has 0 aliphatic carbocycles.